The van der Waals surface area contributed by atoms with Crippen LogP contribution in [0.3, 0.4) is 0 Å². The van der Waals surface area contributed by atoms with Gasteiger partial charge >= 0.3 is 0 Å². The standard InChI is InChI=1S/C27H27N7O/c1-34-15-18(13-31-34)23-12-20-24(14-30-23)32-26-25(20)19(10-11-29-26)16-6-8-17(9-7-16)27(35)33-22-5-3-2-4-21(22)28/h6-15,21-22H,2-5,28H2,1H3,(H,29,32)(H,33,35)/t21-,22-/m0/s1. The van der Waals surface area contributed by atoms with Crippen LogP contribution in [0.4, 0.5) is 0 Å². The van der Waals surface area contributed by atoms with E-state index in [4.69, 9.17) is 5.73 Å². The molecule has 8 nitrogen and oxygen atoms in total. The molecule has 2 atom stereocenters. The normalized spacial score (nSPS) is 18.2. The van der Waals surface area contributed by atoms with Crippen molar-refractivity contribution in [3.8, 4) is 22.4 Å². The number of rotatable bonds is 4. The first-order valence-corrected chi connectivity index (χ1v) is 12.0. The number of pyridine rings is 2. The van der Waals surface area contributed by atoms with Crippen molar-refractivity contribution in [1.82, 2.24) is 30.0 Å². The molecule has 0 radical (unpaired) electrons. The van der Waals surface area contributed by atoms with Crippen molar-refractivity contribution >= 4 is 27.8 Å². The average molecular weight is 466 g/mol. The average Bonchev–Trinajstić information content (AvgIpc) is 3.48. The highest BCUT2D eigenvalue weighted by molar-refractivity contribution is 6.13. The molecule has 6 rings (SSSR count). The van der Waals surface area contributed by atoms with E-state index in [1.165, 1.54) is 0 Å². The van der Waals surface area contributed by atoms with Gasteiger partial charge in [-0.3, -0.25) is 14.5 Å². The van der Waals surface area contributed by atoms with E-state index in [-0.39, 0.29) is 18.0 Å². The summed E-state index contributed by atoms with van der Waals surface area (Å²) in [7, 11) is 1.89. The summed E-state index contributed by atoms with van der Waals surface area (Å²) in [4.78, 5) is 25.4. The summed E-state index contributed by atoms with van der Waals surface area (Å²) in [5.41, 5.74) is 12.5. The number of hydrogen-bond acceptors (Lipinski definition) is 5. The van der Waals surface area contributed by atoms with Crippen LogP contribution in [-0.4, -0.2) is 42.7 Å². The lowest BCUT2D eigenvalue weighted by Crippen LogP contribution is -2.49. The minimum atomic E-state index is -0.0712. The van der Waals surface area contributed by atoms with Crippen molar-refractivity contribution in [2.24, 2.45) is 12.8 Å². The van der Waals surface area contributed by atoms with Gasteiger partial charge in [-0.2, -0.15) is 5.10 Å². The summed E-state index contributed by atoms with van der Waals surface area (Å²) in [5.74, 6) is -0.0712. The molecule has 0 spiro atoms. The first-order chi connectivity index (χ1) is 17.1. The molecular formula is C27H27N7O. The molecule has 0 unspecified atom stereocenters. The molecule has 4 N–H and O–H groups in total. The monoisotopic (exact) mass is 465 g/mol. The van der Waals surface area contributed by atoms with E-state index in [1.807, 2.05) is 56.0 Å². The number of fused-ring (bicyclic) bond motifs is 3. The largest absolute Gasteiger partial charge is 0.348 e. The molecule has 1 aliphatic carbocycles. The van der Waals surface area contributed by atoms with Crippen molar-refractivity contribution in [1.29, 1.82) is 0 Å². The number of aromatic amines is 1. The van der Waals surface area contributed by atoms with Gasteiger partial charge < -0.3 is 16.0 Å². The first-order valence-electron chi connectivity index (χ1n) is 12.0. The molecular weight excluding hydrogens is 438 g/mol. The quantitative estimate of drug-likeness (QED) is 0.368. The summed E-state index contributed by atoms with van der Waals surface area (Å²) in [5, 5.41) is 9.47. The van der Waals surface area contributed by atoms with Crippen LogP contribution < -0.4 is 11.1 Å². The van der Waals surface area contributed by atoms with Gasteiger partial charge in [0.25, 0.3) is 5.91 Å². The number of nitrogens with one attached hydrogen (secondary N) is 2. The molecule has 4 aromatic heterocycles. The molecule has 0 aliphatic heterocycles. The molecule has 1 amide bonds. The molecule has 8 heteroatoms. The molecule has 35 heavy (non-hydrogen) atoms. The Morgan fingerprint density at radius 2 is 1.91 bits per heavy atom. The number of benzene rings is 1. The van der Waals surface area contributed by atoms with Gasteiger partial charge in [0.2, 0.25) is 0 Å². The molecule has 1 fully saturated rings. The van der Waals surface area contributed by atoms with Gasteiger partial charge in [-0.15, -0.1) is 0 Å². The molecule has 0 saturated heterocycles. The van der Waals surface area contributed by atoms with Gasteiger partial charge in [0, 0.05) is 53.4 Å². The number of hydrogen-bond donors (Lipinski definition) is 3. The fourth-order valence-electron chi connectivity index (χ4n) is 5.06. The Kier molecular flexibility index (Phi) is 5.30. The fraction of sp³-hybridized carbons (Fsp3) is 0.259. The second kappa shape index (κ2) is 8.63. The highest BCUT2D eigenvalue weighted by atomic mass is 16.1. The Morgan fingerprint density at radius 1 is 1.09 bits per heavy atom. The van der Waals surface area contributed by atoms with Crippen molar-refractivity contribution in [3.05, 3.63) is 66.7 Å². The molecule has 1 aliphatic rings. The maximum atomic E-state index is 12.8. The number of aryl methyl sites for hydroxylation is 1. The minimum Gasteiger partial charge on any atom is -0.348 e. The van der Waals surface area contributed by atoms with E-state index in [0.717, 1.165) is 70.0 Å². The summed E-state index contributed by atoms with van der Waals surface area (Å²) >= 11 is 0. The lowest BCUT2D eigenvalue weighted by Gasteiger charge is -2.29. The third kappa shape index (κ3) is 3.95. The predicted molar refractivity (Wildman–Crippen MR) is 137 cm³/mol. The summed E-state index contributed by atoms with van der Waals surface area (Å²) in [6.07, 6.45) is 11.5. The van der Waals surface area contributed by atoms with Gasteiger partial charge in [0.05, 0.1) is 23.6 Å². The van der Waals surface area contributed by atoms with Crippen LogP contribution in [0.2, 0.25) is 0 Å². The smallest absolute Gasteiger partial charge is 0.251 e. The predicted octanol–water partition coefficient (Wildman–Crippen LogP) is 4.18. The lowest BCUT2D eigenvalue weighted by atomic mass is 9.91. The Hall–Kier alpha value is -4.04. The Labute approximate surface area is 202 Å². The number of aromatic nitrogens is 5. The van der Waals surface area contributed by atoms with Crippen LogP contribution in [0.15, 0.2) is 61.2 Å². The van der Waals surface area contributed by atoms with E-state index in [9.17, 15) is 4.79 Å². The number of amides is 1. The van der Waals surface area contributed by atoms with Gasteiger partial charge in [-0.05, 0) is 48.2 Å². The van der Waals surface area contributed by atoms with Crippen LogP contribution in [0.25, 0.3) is 44.3 Å². The number of nitrogens with two attached hydrogens (primary N) is 1. The maximum Gasteiger partial charge on any atom is 0.251 e. The number of H-pyrrole nitrogens is 1. The van der Waals surface area contributed by atoms with E-state index in [1.54, 1.807) is 10.9 Å². The fourth-order valence-corrected chi connectivity index (χ4v) is 5.06. The highest BCUT2D eigenvalue weighted by Crippen LogP contribution is 2.35. The zero-order valence-electron chi connectivity index (χ0n) is 19.5. The Morgan fingerprint density at radius 3 is 2.69 bits per heavy atom. The zero-order chi connectivity index (χ0) is 23.9. The molecule has 1 aromatic carbocycles. The Balaban J connectivity index is 1.35. The van der Waals surface area contributed by atoms with E-state index in [0.29, 0.717) is 5.56 Å². The van der Waals surface area contributed by atoms with Gasteiger partial charge in [0.1, 0.15) is 5.65 Å². The van der Waals surface area contributed by atoms with Gasteiger partial charge in [-0.25, -0.2) is 4.98 Å². The maximum absolute atomic E-state index is 12.8. The van der Waals surface area contributed by atoms with E-state index >= 15 is 0 Å². The van der Waals surface area contributed by atoms with Crippen molar-refractivity contribution in [2.45, 2.75) is 37.8 Å². The topological polar surface area (TPSA) is 115 Å². The van der Waals surface area contributed by atoms with E-state index < -0.39 is 0 Å². The molecule has 1 saturated carbocycles. The van der Waals surface area contributed by atoms with Crippen LogP contribution in [0.5, 0.6) is 0 Å². The highest BCUT2D eigenvalue weighted by Gasteiger charge is 2.23. The van der Waals surface area contributed by atoms with Crippen LogP contribution in [0.1, 0.15) is 36.0 Å². The summed E-state index contributed by atoms with van der Waals surface area (Å²) in [6, 6.07) is 11.9. The van der Waals surface area contributed by atoms with Gasteiger partial charge in [0.15, 0.2) is 0 Å². The second-order valence-electron chi connectivity index (χ2n) is 9.33. The van der Waals surface area contributed by atoms with Crippen molar-refractivity contribution in [2.75, 3.05) is 0 Å². The van der Waals surface area contributed by atoms with E-state index in [2.05, 4.69) is 31.4 Å². The van der Waals surface area contributed by atoms with Crippen LogP contribution in [0, 0.1) is 0 Å². The number of carbonyl (C=O) groups is 1. The first kappa shape index (κ1) is 21.5. The third-order valence-corrected chi connectivity index (χ3v) is 6.97. The number of nitrogens with zero attached hydrogens (tertiary/aromatic N) is 4. The molecule has 5 aromatic rings. The lowest BCUT2D eigenvalue weighted by molar-refractivity contribution is 0.0921. The van der Waals surface area contributed by atoms with Crippen molar-refractivity contribution < 1.29 is 4.79 Å². The molecule has 0 bridgehead atoms. The zero-order valence-corrected chi connectivity index (χ0v) is 19.5. The minimum absolute atomic E-state index is 0.0324. The van der Waals surface area contributed by atoms with Crippen molar-refractivity contribution in [3.63, 3.8) is 0 Å². The van der Waals surface area contributed by atoms with Crippen LogP contribution in [-0.2, 0) is 7.05 Å². The third-order valence-electron chi connectivity index (χ3n) is 6.97. The number of carbonyl (C=O) groups excluding carboxylic acids is 1. The summed E-state index contributed by atoms with van der Waals surface area (Å²) in [6.45, 7) is 0. The summed E-state index contributed by atoms with van der Waals surface area (Å²) < 4.78 is 1.77. The van der Waals surface area contributed by atoms with Crippen LogP contribution >= 0.6 is 0 Å². The second-order valence-corrected chi connectivity index (χ2v) is 9.33. The molecule has 4 heterocycles. The Bertz CT molecular complexity index is 1530. The SMILES string of the molecule is Cn1cc(-c2cc3c(cn2)[nH]c2nccc(-c4ccc(C(=O)N[C@H]5CCCC[C@@H]5N)cc4)c23)cn1. The molecule has 176 valence electrons. The van der Waals surface area contributed by atoms with Gasteiger partial charge in [-0.1, -0.05) is 25.0 Å².